The van der Waals surface area contributed by atoms with Gasteiger partial charge in [-0.2, -0.15) is 0 Å². The highest BCUT2D eigenvalue weighted by Gasteiger charge is 2.27. The Kier molecular flexibility index (Phi) is 5.03. The van der Waals surface area contributed by atoms with Gasteiger partial charge in [0.1, 0.15) is 0 Å². The van der Waals surface area contributed by atoms with Gasteiger partial charge in [0.25, 0.3) is 5.91 Å². The number of carbonyl (C=O) groups is 2. The lowest BCUT2D eigenvalue weighted by molar-refractivity contribution is -0.138. The summed E-state index contributed by atoms with van der Waals surface area (Å²) in [6.07, 6.45) is 1.95. The van der Waals surface area contributed by atoms with Crippen molar-refractivity contribution < 1.29 is 24.2 Å². The van der Waals surface area contributed by atoms with E-state index >= 15 is 0 Å². The van der Waals surface area contributed by atoms with Crippen LogP contribution >= 0.6 is 11.8 Å². The molecule has 1 unspecified atom stereocenters. The first-order valence-corrected chi connectivity index (χ1v) is 9.35. The smallest absolute Gasteiger partial charge is 0.328 e. The number of amidine groups is 1. The predicted molar refractivity (Wildman–Crippen MR) is 105 cm³/mol. The van der Waals surface area contributed by atoms with Crippen molar-refractivity contribution in [2.45, 2.75) is 12.5 Å². The van der Waals surface area contributed by atoms with E-state index < -0.39 is 12.0 Å². The number of thioether (sulfide) groups is 1. The fourth-order valence-corrected chi connectivity index (χ4v) is 3.68. The highest BCUT2D eigenvalue weighted by Crippen LogP contribution is 2.34. The van der Waals surface area contributed by atoms with Gasteiger partial charge in [-0.1, -0.05) is 36.4 Å². The molecule has 1 fully saturated rings. The molecule has 2 aliphatic heterocycles. The van der Waals surface area contributed by atoms with Gasteiger partial charge in [-0.25, -0.2) is 9.79 Å². The van der Waals surface area contributed by atoms with Gasteiger partial charge >= 0.3 is 5.97 Å². The van der Waals surface area contributed by atoms with Crippen molar-refractivity contribution in [3.8, 4) is 11.5 Å². The lowest BCUT2D eigenvalue weighted by Crippen LogP contribution is -2.26. The van der Waals surface area contributed by atoms with Crippen molar-refractivity contribution in [2.24, 2.45) is 4.99 Å². The van der Waals surface area contributed by atoms with Gasteiger partial charge in [-0.05, 0) is 41.1 Å². The quantitative estimate of drug-likeness (QED) is 0.755. The van der Waals surface area contributed by atoms with Gasteiger partial charge in [0.05, 0.1) is 4.91 Å². The average molecular weight is 396 g/mol. The number of rotatable bonds is 5. The van der Waals surface area contributed by atoms with Crippen LogP contribution < -0.4 is 14.8 Å². The molecule has 7 nitrogen and oxygen atoms in total. The summed E-state index contributed by atoms with van der Waals surface area (Å²) < 4.78 is 10.6. The number of hydrogen-bond donors (Lipinski definition) is 2. The zero-order valence-corrected chi connectivity index (χ0v) is 15.4. The number of fused-ring (bicyclic) bond motifs is 1. The molecule has 0 spiro atoms. The summed E-state index contributed by atoms with van der Waals surface area (Å²) in [7, 11) is 0. The Labute approximate surface area is 165 Å². The van der Waals surface area contributed by atoms with Crippen LogP contribution in [0.3, 0.4) is 0 Å². The predicted octanol–water partition coefficient (Wildman–Crippen LogP) is 2.67. The van der Waals surface area contributed by atoms with E-state index in [1.54, 1.807) is 18.2 Å². The van der Waals surface area contributed by atoms with E-state index in [0.717, 1.165) is 22.9 Å². The maximum Gasteiger partial charge on any atom is 0.328 e. The maximum atomic E-state index is 12.2. The first kappa shape index (κ1) is 18.1. The molecule has 1 saturated heterocycles. The van der Waals surface area contributed by atoms with E-state index in [2.05, 4.69) is 10.3 Å². The van der Waals surface area contributed by atoms with Gasteiger partial charge in [0, 0.05) is 6.42 Å². The van der Waals surface area contributed by atoms with Gasteiger partial charge in [-0.15, -0.1) is 0 Å². The van der Waals surface area contributed by atoms with E-state index in [-0.39, 0.29) is 24.3 Å². The Hall–Kier alpha value is -3.26. The van der Waals surface area contributed by atoms with Crippen LogP contribution in [0.15, 0.2) is 58.4 Å². The maximum absolute atomic E-state index is 12.2. The molecule has 142 valence electrons. The zero-order chi connectivity index (χ0) is 19.5. The second-order valence-electron chi connectivity index (χ2n) is 6.16. The van der Waals surface area contributed by atoms with Crippen LogP contribution in [0, 0.1) is 0 Å². The highest BCUT2D eigenvalue weighted by atomic mass is 32.2. The van der Waals surface area contributed by atoms with Crippen molar-refractivity contribution >= 4 is 34.9 Å². The highest BCUT2D eigenvalue weighted by molar-refractivity contribution is 8.18. The largest absolute Gasteiger partial charge is 0.480 e. The number of carboxylic acid groups (broad SMARTS) is 1. The number of hydrogen-bond acceptors (Lipinski definition) is 6. The molecule has 4 rings (SSSR count). The van der Waals surface area contributed by atoms with E-state index in [0.29, 0.717) is 16.4 Å². The number of carboxylic acids is 1. The van der Waals surface area contributed by atoms with Crippen molar-refractivity contribution in [2.75, 3.05) is 6.79 Å². The molecule has 2 N–H and O–H groups in total. The molecule has 0 aliphatic carbocycles. The van der Waals surface area contributed by atoms with Crippen LogP contribution in [0.4, 0.5) is 0 Å². The minimum Gasteiger partial charge on any atom is -0.480 e. The summed E-state index contributed by atoms with van der Waals surface area (Å²) in [6, 6.07) is 13.7. The lowest BCUT2D eigenvalue weighted by Gasteiger charge is -2.08. The van der Waals surface area contributed by atoms with Crippen LogP contribution in [0.25, 0.3) is 6.08 Å². The number of aliphatic imine (C=N–C) groups is 1. The van der Waals surface area contributed by atoms with Gasteiger partial charge in [0.2, 0.25) is 6.79 Å². The number of benzene rings is 2. The second kappa shape index (κ2) is 7.77. The van der Waals surface area contributed by atoms with Crippen LogP contribution in [0.5, 0.6) is 11.5 Å². The molecule has 0 saturated carbocycles. The number of nitrogens with zero attached hydrogens (tertiary/aromatic N) is 1. The molecule has 2 aliphatic rings. The summed E-state index contributed by atoms with van der Waals surface area (Å²) in [4.78, 5) is 28.5. The summed E-state index contributed by atoms with van der Waals surface area (Å²) >= 11 is 1.12. The average Bonchev–Trinajstić information content (AvgIpc) is 3.28. The topological polar surface area (TPSA) is 97.2 Å². The lowest BCUT2D eigenvalue weighted by atomic mass is 10.1. The summed E-state index contributed by atoms with van der Waals surface area (Å²) in [6.45, 7) is 0.180. The molecule has 0 radical (unpaired) electrons. The SMILES string of the molecule is O=C1NC(=NC(Cc2ccccc2)C(=O)O)SC1=Cc1ccc2c(c1)OCO2. The zero-order valence-electron chi connectivity index (χ0n) is 14.6. The van der Waals surface area contributed by atoms with Gasteiger partial charge < -0.3 is 19.9 Å². The minimum absolute atomic E-state index is 0.180. The summed E-state index contributed by atoms with van der Waals surface area (Å²) in [5.74, 6) is -0.0664. The third-order valence-corrected chi connectivity index (χ3v) is 5.10. The first-order chi connectivity index (χ1) is 13.6. The number of nitrogens with one attached hydrogen (secondary N) is 1. The van der Waals surface area contributed by atoms with Crippen molar-refractivity contribution in [3.05, 3.63) is 64.6 Å². The molecule has 0 bridgehead atoms. The van der Waals surface area contributed by atoms with Crippen LogP contribution in [0.2, 0.25) is 0 Å². The van der Waals surface area contributed by atoms with E-state index in [9.17, 15) is 14.7 Å². The Balaban J connectivity index is 1.52. The Morgan fingerprint density at radius 3 is 2.79 bits per heavy atom. The van der Waals surface area contributed by atoms with Gasteiger partial charge in [-0.3, -0.25) is 4.79 Å². The normalized spacial score (nSPS) is 19.1. The summed E-state index contributed by atoms with van der Waals surface area (Å²) in [5, 5.41) is 12.4. The third-order valence-electron chi connectivity index (χ3n) is 4.18. The molecule has 28 heavy (non-hydrogen) atoms. The number of aliphatic carboxylic acids is 1. The Morgan fingerprint density at radius 2 is 2.00 bits per heavy atom. The molecule has 2 aromatic rings. The molecule has 2 heterocycles. The van der Waals surface area contributed by atoms with E-state index in [1.807, 2.05) is 36.4 Å². The van der Waals surface area contributed by atoms with Gasteiger partial charge in [0.15, 0.2) is 22.7 Å². The van der Waals surface area contributed by atoms with Crippen molar-refractivity contribution in [1.82, 2.24) is 5.32 Å². The Bertz CT molecular complexity index is 987. The number of carbonyl (C=O) groups excluding carboxylic acids is 1. The first-order valence-electron chi connectivity index (χ1n) is 8.53. The minimum atomic E-state index is -1.04. The fourth-order valence-electron chi connectivity index (χ4n) is 2.81. The molecular formula is C20H16N2O5S. The van der Waals surface area contributed by atoms with Crippen LogP contribution in [-0.2, 0) is 16.0 Å². The molecule has 1 atom stereocenters. The summed E-state index contributed by atoms with van der Waals surface area (Å²) in [5.41, 5.74) is 1.65. The number of ether oxygens (including phenoxy) is 2. The van der Waals surface area contributed by atoms with Crippen molar-refractivity contribution in [3.63, 3.8) is 0 Å². The standard InChI is InChI=1S/C20H16N2O5S/c23-18-17(10-13-6-7-15-16(9-13)27-11-26-15)28-20(22-18)21-14(19(24)25)8-12-4-2-1-3-5-12/h1-7,9-10,14H,8,11H2,(H,24,25)(H,21,22,23). The number of amides is 1. The molecule has 2 aromatic carbocycles. The van der Waals surface area contributed by atoms with E-state index in [1.165, 1.54) is 0 Å². The molecule has 1 amide bonds. The molecule has 8 heteroatoms. The van der Waals surface area contributed by atoms with Crippen molar-refractivity contribution in [1.29, 1.82) is 0 Å². The molecule has 0 aromatic heterocycles. The fraction of sp³-hybridized carbons (Fsp3) is 0.150. The Morgan fingerprint density at radius 1 is 1.21 bits per heavy atom. The third kappa shape index (κ3) is 4.01. The molecular weight excluding hydrogens is 380 g/mol. The second-order valence-corrected chi connectivity index (χ2v) is 7.19. The van der Waals surface area contributed by atoms with E-state index in [4.69, 9.17) is 9.47 Å². The monoisotopic (exact) mass is 396 g/mol. The van der Waals surface area contributed by atoms with Crippen LogP contribution in [0.1, 0.15) is 11.1 Å². The van der Waals surface area contributed by atoms with Crippen LogP contribution in [-0.4, -0.2) is 35.0 Å².